The van der Waals surface area contributed by atoms with Crippen LogP contribution in [0.25, 0.3) is 0 Å². The van der Waals surface area contributed by atoms with Crippen LogP contribution in [0.5, 0.6) is 0 Å². The van der Waals surface area contributed by atoms with Crippen LogP contribution in [0.3, 0.4) is 0 Å². The summed E-state index contributed by atoms with van der Waals surface area (Å²) in [5.41, 5.74) is 0. The Morgan fingerprint density at radius 3 is 2.82 bits per heavy atom. The topological polar surface area (TPSA) is 46.5 Å². The number of aliphatic hydroxyl groups is 1. The van der Waals surface area contributed by atoms with Crippen LogP contribution in [0, 0.1) is 11.8 Å². The minimum Gasteiger partial charge on any atom is -0.436 e. The molecule has 0 bridgehead atoms. The number of cyclic esters (lactones) is 1. The highest BCUT2D eigenvalue weighted by atomic mass is 16.6. The summed E-state index contributed by atoms with van der Waals surface area (Å²) in [5.74, 6) is 0.0896. The summed E-state index contributed by atoms with van der Waals surface area (Å²) >= 11 is 0. The zero-order valence-electron chi connectivity index (χ0n) is 6.91. The number of hydrogen-bond donors (Lipinski definition) is 1. The fourth-order valence-corrected chi connectivity index (χ4v) is 1.35. The Kier molecular flexibility index (Phi) is 2.49. The first-order chi connectivity index (χ1) is 5.15. The highest BCUT2D eigenvalue weighted by molar-refractivity contribution is 5.71. The molecule has 0 aliphatic carbocycles. The van der Waals surface area contributed by atoms with Gasteiger partial charge in [-0.25, -0.2) is 0 Å². The summed E-state index contributed by atoms with van der Waals surface area (Å²) in [6.45, 7) is 4.07. The summed E-state index contributed by atoms with van der Waals surface area (Å²) in [4.78, 5) is 10.7. The van der Waals surface area contributed by atoms with E-state index in [9.17, 15) is 9.90 Å². The van der Waals surface area contributed by atoms with E-state index in [-0.39, 0.29) is 11.9 Å². The second kappa shape index (κ2) is 3.22. The molecular weight excluding hydrogens is 144 g/mol. The van der Waals surface area contributed by atoms with E-state index in [1.807, 2.05) is 13.8 Å². The molecule has 0 saturated carbocycles. The first kappa shape index (κ1) is 8.53. The molecule has 3 heteroatoms. The number of carbonyl (C=O) groups excluding carboxylic acids is 1. The van der Waals surface area contributed by atoms with Gasteiger partial charge in [0.25, 0.3) is 0 Å². The quantitative estimate of drug-likeness (QED) is 0.608. The van der Waals surface area contributed by atoms with Crippen LogP contribution in [0.15, 0.2) is 0 Å². The van der Waals surface area contributed by atoms with Gasteiger partial charge in [0.15, 0.2) is 0 Å². The molecule has 3 nitrogen and oxygen atoms in total. The normalized spacial score (nSPS) is 33.5. The fraction of sp³-hybridized carbons (Fsp3) is 0.875. The summed E-state index contributed by atoms with van der Waals surface area (Å²) in [7, 11) is 0. The number of hydrogen-bond acceptors (Lipinski definition) is 3. The molecule has 1 aliphatic heterocycles. The smallest absolute Gasteiger partial charge is 0.308 e. The van der Waals surface area contributed by atoms with Crippen molar-refractivity contribution in [2.24, 2.45) is 11.8 Å². The largest absolute Gasteiger partial charge is 0.436 e. The Labute approximate surface area is 66.4 Å². The van der Waals surface area contributed by atoms with Gasteiger partial charge in [0, 0.05) is 5.92 Å². The zero-order chi connectivity index (χ0) is 8.43. The second-order valence-corrected chi connectivity index (χ2v) is 3.13. The maximum Gasteiger partial charge on any atom is 0.308 e. The second-order valence-electron chi connectivity index (χ2n) is 3.13. The van der Waals surface area contributed by atoms with Crippen molar-refractivity contribution < 1.29 is 14.6 Å². The molecular formula is C8H14O3. The van der Waals surface area contributed by atoms with Crippen molar-refractivity contribution in [1.29, 1.82) is 0 Å². The Bertz CT molecular complexity index is 155. The van der Waals surface area contributed by atoms with E-state index in [2.05, 4.69) is 4.74 Å². The van der Waals surface area contributed by atoms with Crippen LogP contribution in [0.1, 0.15) is 26.7 Å². The average Bonchev–Trinajstić information content (AvgIpc) is 2.28. The lowest BCUT2D eigenvalue weighted by atomic mass is 9.90. The van der Waals surface area contributed by atoms with E-state index in [1.165, 1.54) is 0 Å². The maximum atomic E-state index is 10.7. The number of aliphatic hydroxyl groups excluding tert-OH is 1. The van der Waals surface area contributed by atoms with Crippen molar-refractivity contribution in [2.45, 2.75) is 33.0 Å². The molecule has 2 unspecified atom stereocenters. The monoisotopic (exact) mass is 158 g/mol. The third kappa shape index (κ3) is 1.71. The summed E-state index contributed by atoms with van der Waals surface area (Å²) in [6, 6.07) is 0. The molecule has 0 aromatic rings. The zero-order valence-corrected chi connectivity index (χ0v) is 6.91. The lowest BCUT2D eigenvalue weighted by Gasteiger charge is -2.17. The van der Waals surface area contributed by atoms with E-state index >= 15 is 0 Å². The first-order valence-electron chi connectivity index (χ1n) is 4.02. The van der Waals surface area contributed by atoms with Crippen molar-refractivity contribution in [2.75, 3.05) is 0 Å². The van der Waals surface area contributed by atoms with Gasteiger partial charge < -0.3 is 9.84 Å². The van der Waals surface area contributed by atoms with Gasteiger partial charge in [-0.05, 0) is 5.92 Å². The van der Waals surface area contributed by atoms with Gasteiger partial charge in [0.1, 0.15) is 0 Å². The summed E-state index contributed by atoms with van der Waals surface area (Å²) < 4.78 is 4.61. The Morgan fingerprint density at radius 2 is 2.45 bits per heavy atom. The van der Waals surface area contributed by atoms with Crippen molar-refractivity contribution in [3.05, 3.63) is 0 Å². The van der Waals surface area contributed by atoms with Crippen molar-refractivity contribution in [3.63, 3.8) is 0 Å². The van der Waals surface area contributed by atoms with Gasteiger partial charge in [-0.15, -0.1) is 0 Å². The van der Waals surface area contributed by atoms with Crippen molar-refractivity contribution in [3.8, 4) is 0 Å². The third-order valence-electron chi connectivity index (χ3n) is 2.40. The lowest BCUT2D eigenvalue weighted by Crippen LogP contribution is -2.21. The standard InChI is InChI=1S/C8H14O3/c1-3-5(2)6-4-7(9)11-8(6)10/h5-6,8,10H,3-4H2,1-2H3/t5?,6-,8?/m1/s1. The maximum absolute atomic E-state index is 10.7. The Balaban J connectivity index is 2.52. The third-order valence-corrected chi connectivity index (χ3v) is 2.40. The van der Waals surface area contributed by atoms with Gasteiger partial charge in [-0.3, -0.25) is 4.79 Å². The summed E-state index contributed by atoms with van der Waals surface area (Å²) in [5, 5.41) is 9.22. The molecule has 0 radical (unpaired) electrons. The molecule has 1 aliphatic rings. The molecule has 1 saturated heterocycles. The minimum absolute atomic E-state index is 0.00694. The van der Waals surface area contributed by atoms with E-state index in [4.69, 9.17) is 0 Å². The SMILES string of the molecule is CCC(C)[C@H]1CC(=O)OC1O. The molecule has 0 aromatic carbocycles. The predicted molar refractivity (Wildman–Crippen MR) is 39.7 cm³/mol. The highest BCUT2D eigenvalue weighted by Gasteiger charge is 2.35. The Morgan fingerprint density at radius 1 is 1.82 bits per heavy atom. The average molecular weight is 158 g/mol. The van der Waals surface area contributed by atoms with Gasteiger partial charge in [0.2, 0.25) is 6.29 Å². The summed E-state index contributed by atoms with van der Waals surface area (Å²) in [6.07, 6.45) is 0.478. The van der Waals surface area contributed by atoms with E-state index in [0.29, 0.717) is 12.3 Å². The van der Waals surface area contributed by atoms with Crippen LogP contribution < -0.4 is 0 Å². The number of esters is 1. The Hall–Kier alpha value is -0.570. The molecule has 0 spiro atoms. The lowest BCUT2D eigenvalue weighted by molar-refractivity contribution is -0.157. The van der Waals surface area contributed by atoms with Crippen LogP contribution in [0.4, 0.5) is 0 Å². The van der Waals surface area contributed by atoms with Gasteiger partial charge in [0.05, 0.1) is 6.42 Å². The highest BCUT2D eigenvalue weighted by Crippen LogP contribution is 2.29. The van der Waals surface area contributed by atoms with Crippen LogP contribution >= 0.6 is 0 Å². The van der Waals surface area contributed by atoms with Crippen LogP contribution in [-0.4, -0.2) is 17.4 Å². The van der Waals surface area contributed by atoms with Crippen LogP contribution in [-0.2, 0) is 9.53 Å². The molecule has 3 atom stereocenters. The van der Waals surface area contributed by atoms with Crippen molar-refractivity contribution >= 4 is 5.97 Å². The molecule has 64 valence electrons. The molecule has 1 rings (SSSR count). The molecule has 0 aromatic heterocycles. The number of carbonyl (C=O) groups is 1. The minimum atomic E-state index is -0.863. The van der Waals surface area contributed by atoms with E-state index in [0.717, 1.165) is 6.42 Å². The molecule has 0 amide bonds. The van der Waals surface area contributed by atoms with Crippen molar-refractivity contribution in [1.82, 2.24) is 0 Å². The number of rotatable bonds is 2. The number of ether oxygens (including phenoxy) is 1. The molecule has 11 heavy (non-hydrogen) atoms. The van der Waals surface area contributed by atoms with Gasteiger partial charge in [-0.1, -0.05) is 20.3 Å². The van der Waals surface area contributed by atoms with Crippen LogP contribution in [0.2, 0.25) is 0 Å². The predicted octanol–water partition coefficient (Wildman–Crippen LogP) is 0.914. The van der Waals surface area contributed by atoms with E-state index < -0.39 is 6.29 Å². The van der Waals surface area contributed by atoms with Gasteiger partial charge >= 0.3 is 5.97 Å². The van der Waals surface area contributed by atoms with E-state index in [1.54, 1.807) is 0 Å². The fourth-order valence-electron chi connectivity index (χ4n) is 1.35. The molecule has 1 heterocycles. The first-order valence-corrected chi connectivity index (χ1v) is 4.02. The van der Waals surface area contributed by atoms with Gasteiger partial charge in [-0.2, -0.15) is 0 Å². The molecule has 1 N–H and O–H groups in total. The molecule has 1 fully saturated rings.